The molecule has 21 heavy (non-hydrogen) atoms. The Morgan fingerprint density at radius 2 is 2.10 bits per heavy atom. The first-order valence-corrected chi connectivity index (χ1v) is 8.67. The maximum atomic E-state index is 13.5. The van der Waals surface area contributed by atoms with Crippen molar-refractivity contribution in [2.24, 2.45) is 0 Å². The topological polar surface area (TPSA) is 72.5 Å². The molecule has 1 rings (SSSR count). The van der Waals surface area contributed by atoms with Gasteiger partial charge in [0, 0.05) is 23.3 Å². The van der Waals surface area contributed by atoms with E-state index in [2.05, 4.69) is 5.32 Å². The van der Waals surface area contributed by atoms with Crippen molar-refractivity contribution in [2.75, 3.05) is 13.2 Å². The predicted octanol–water partition coefficient (Wildman–Crippen LogP) is 2.56. The summed E-state index contributed by atoms with van der Waals surface area (Å²) in [5.74, 6) is -1.76. The molecule has 0 aliphatic rings. The summed E-state index contributed by atoms with van der Waals surface area (Å²) >= 11 is 5.76. The number of carbonyl (C=O) groups excluding carboxylic acids is 1. The van der Waals surface area contributed by atoms with Crippen molar-refractivity contribution in [2.45, 2.75) is 24.8 Å². The van der Waals surface area contributed by atoms with Gasteiger partial charge in [-0.25, -0.2) is 12.8 Å². The summed E-state index contributed by atoms with van der Waals surface area (Å²) in [6.07, 6.45) is 0. The van der Waals surface area contributed by atoms with E-state index in [0.717, 1.165) is 12.1 Å². The van der Waals surface area contributed by atoms with Crippen molar-refractivity contribution in [3.63, 3.8) is 0 Å². The van der Waals surface area contributed by atoms with E-state index >= 15 is 0 Å². The first-order chi connectivity index (χ1) is 9.66. The fourth-order valence-electron chi connectivity index (χ4n) is 1.53. The van der Waals surface area contributed by atoms with Crippen molar-refractivity contribution >= 4 is 37.2 Å². The minimum atomic E-state index is -4.32. The Bertz CT molecular complexity index is 636. The first kappa shape index (κ1) is 18.2. The molecule has 0 aliphatic heterocycles. The molecule has 0 heterocycles. The van der Waals surface area contributed by atoms with E-state index < -0.39 is 25.7 Å². The Hall–Kier alpha value is -0.890. The number of halogens is 3. The molecule has 118 valence electrons. The summed E-state index contributed by atoms with van der Waals surface area (Å²) in [7, 11) is 0.789. The fraction of sp³-hybridized carbons (Fsp3) is 0.417. The number of carbonyl (C=O) groups is 1. The highest BCUT2D eigenvalue weighted by atomic mass is 35.7. The molecule has 5 nitrogen and oxygen atoms in total. The van der Waals surface area contributed by atoms with Crippen LogP contribution >= 0.6 is 22.3 Å². The van der Waals surface area contributed by atoms with Crippen LogP contribution in [0.1, 0.15) is 24.2 Å². The Kier molecular flexibility index (Phi) is 6.40. The van der Waals surface area contributed by atoms with Crippen molar-refractivity contribution in [3.05, 3.63) is 28.5 Å². The van der Waals surface area contributed by atoms with Crippen LogP contribution in [-0.4, -0.2) is 33.6 Å². The molecule has 0 bridgehead atoms. The monoisotopic (exact) mass is 357 g/mol. The second kappa shape index (κ2) is 7.40. The van der Waals surface area contributed by atoms with Gasteiger partial charge in [-0.1, -0.05) is 11.6 Å². The molecule has 0 radical (unpaired) electrons. The zero-order valence-corrected chi connectivity index (χ0v) is 13.6. The van der Waals surface area contributed by atoms with E-state index in [1.807, 2.05) is 6.92 Å². The first-order valence-electron chi connectivity index (χ1n) is 5.99. The average molecular weight is 358 g/mol. The van der Waals surface area contributed by atoms with Gasteiger partial charge >= 0.3 is 0 Å². The lowest BCUT2D eigenvalue weighted by molar-refractivity contribution is 0.0872. The lowest BCUT2D eigenvalue weighted by Crippen LogP contribution is -2.36. The normalized spacial score (nSPS) is 13.0. The Labute approximate surface area is 131 Å². The molecule has 0 aliphatic carbocycles. The van der Waals surface area contributed by atoms with Crippen molar-refractivity contribution in [1.82, 2.24) is 5.32 Å². The van der Waals surface area contributed by atoms with E-state index in [9.17, 15) is 17.6 Å². The predicted molar refractivity (Wildman–Crippen MR) is 77.9 cm³/mol. The molecule has 1 unspecified atom stereocenters. The SMILES string of the molecule is CCOCC(C)NC(=O)c1cc(S(=O)(=O)Cl)c(F)cc1Cl. The van der Waals surface area contributed by atoms with Gasteiger partial charge in [-0.05, 0) is 26.0 Å². The van der Waals surface area contributed by atoms with Crippen LogP contribution in [0.2, 0.25) is 5.02 Å². The highest BCUT2D eigenvalue weighted by molar-refractivity contribution is 8.13. The number of nitrogens with one attached hydrogen (secondary N) is 1. The van der Waals surface area contributed by atoms with Crippen LogP contribution in [0.4, 0.5) is 4.39 Å². The van der Waals surface area contributed by atoms with Crippen molar-refractivity contribution < 1.29 is 22.3 Å². The highest BCUT2D eigenvalue weighted by Crippen LogP contribution is 2.26. The van der Waals surface area contributed by atoms with Crippen LogP contribution < -0.4 is 5.32 Å². The molecule has 1 aromatic carbocycles. The highest BCUT2D eigenvalue weighted by Gasteiger charge is 2.22. The summed E-state index contributed by atoms with van der Waals surface area (Å²) in [4.78, 5) is 11.2. The Morgan fingerprint density at radius 1 is 1.48 bits per heavy atom. The number of amides is 1. The molecular formula is C12H14Cl2FNO4S. The van der Waals surface area contributed by atoms with Crippen molar-refractivity contribution in [1.29, 1.82) is 0 Å². The summed E-state index contributed by atoms with van der Waals surface area (Å²) in [5.41, 5.74) is -0.180. The van der Waals surface area contributed by atoms with Gasteiger partial charge in [0.05, 0.1) is 17.2 Å². The number of benzene rings is 1. The van der Waals surface area contributed by atoms with E-state index in [1.54, 1.807) is 6.92 Å². The van der Waals surface area contributed by atoms with Gasteiger partial charge in [-0.2, -0.15) is 0 Å². The lowest BCUT2D eigenvalue weighted by atomic mass is 10.2. The minimum absolute atomic E-state index is 0.180. The molecule has 0 fully saturated rings. The maximum Gasteiger partial charge on any atom is 0.264 e. The largest absolute Gasteiger partial charge is 0.380 e. The number of hydrogen-bond acceptors (Lipinski definition) is 4. The molecule has 0 spiro atoms. The van der Waals surface area contributed by atoms with Crippen LogP contribution in [0.25, 0.3) is 0 Å². The Balaban J connectivity index is 3.05. The van der Waals surface area contributed by atoms with E-state index in [0.29, 0.717) is 6.61 Å². The van der Waals surface area contributed by atoms with Crippen LogP contribution in [0.5, 0.6) is 0 Å². The molecule has 1 atom stereocenters. The zero-order chi connectivity index (χ0) is 16.2. The van der Waals surface area contributed by atoms with Crippen LogP contribution in [-0.2, 0) is 13.8 Å². The summed E-state index contributed by atoms with van der Waals surface area (Å²) < 4.78 is 41.1. The third kappa shape index (κ3) is 5.10. The van der Waals surface area contributed by atoms with Crippen LogP contribution in [0.15, 0.2) is 17.0 Å². The average Bonchev–Trinajstić information content (AvgIpc) is 2.34. The lowest BCUT2D eigenvalue weighted by Gasteiger charge is -2.14. The molecule has 1 amide bonds. The molecule has 1 N–H and O–H groups in total. The van der Waals surface area contributed by atoms with E-state index in [4.69, 9.17) is 27.0 Å². The Morgan fingerprint density at radius 3 is 2.62 bits per heavy atom. The van der Waals surface area contributed by atoms with Crippen LogP contribution in [0, 0.1) is 5.82 Å². The summed E-state index contributed by atoms with van der Waals surface area (Å²) in [6.45, 7) is 4.28. The smallest absolute Gasteiger partial charge is 0.264 e. The summed E-state index contributed by atoms with van der Waals surface area (Å²) in [5, 5.41) is 2.35. The fourth-order valence-corrected chi connectivity index (χ4v) is 2.67. The standard InChI is InChI=1S/C12H14Cl2FNO4S/c1-3-20-6-7(2)16-12(17)8-4-11(21(14,18)19)10(15)5-9(8)13/h4-5,7H,3,6H2,1-2H3,(H,16,17). The van der Waals surface area contributed by atoms with Gasteiger partial charge in [0.1, 0.15) is 10.7 Å². The van der Waals surface area contributed by atoms with Gasteiger partial charge in [-0.15, -0.1) is 0 Å². The molecule has 9 heteroatoms. The molecule has 1 aromatic rings. The molecule has 0 saturated carbocycles. The van der Waals surface area contributed by atoms with E-state index in [1.165, 1.54) is 0 Å². The van der Waals surface area contributed by atoms with Crippen LogP contribution in [0.3, 0.4) is 0 Å². The number of hydrogen-bond donors (Lipinski definition) is 1. The van der Waals surface area contributed by atoms with Gasteiger partial charge in [0.15, 0.2) is 0 Å². The molecular weight excluding hydrogens is 344 g/mol. The van der Waals surface area contributed by atoms with Gasteiger partial charge in [-0.3, -0.25) is 4.79 Å². The third-order valence-electron chi connectivity index (χ3n) is 2.48. The van der Waals surface area contributed by atoms with Crippen molar-refractivity contribution in [3.8, 4) is 0 Å². The molecule has 0 saturated heterocycles. The van der Waals surface area contributed by atoms with E-state index in [-0.39, 0.29) is 23.2 Å². The zero-order valence-electron chi connectivity index (χ0n) is 11.3. The second-order valence-corrected chi connectivity index (χ2v) is 7.18. The van der Waals surface area contributed by atoms with Gasteiger partial charge < -0.3 is 10.1 Å². The quantitative estimate of drug-likeness (QED) is 0.794. The third-order valence-corrected chi connectivity index (χ3v) is 4.13. The maximum absolute atomic E-state index is 13.5. The molecule has 0 aromatic heterocycles. The van der Waals surface area contributed by atoms with Gasteiger partial charge in [0.25, 0.3) is 15.0 Å². The number of rotatable bonds is 6. The number of ether oxygens (including phenoxy) is 1. The summed E-state index contributed by atoms with van der Waals surface area (Å²) in [6, 6.07) is 1.22. The minimum Gasteiger partial charge on any atom is -0.380 e. The van der Waals surface area contributed by atoms with Gasteiger partial charge in [0.2, 0.25) is 0 Å². The second-order valence-electron chi connectivity index (χ2n) is 4.23.